The molecule has 7 rings (SSSR count). The quantitative estimate of drug-likeness (QED) is 0.366. The van der Waals surface area contributed by atoms with E-state index in [0.29, 0.717) is 53.1 Å². The summed E-state index contributed by atoms with van der Waals surface area (Å²) in [5.74, 6) is -2.43. The third kappa shape index (κ3) is 4.61. The fourth-order valence-electron chi connectivity index (χ4n) is 7.41. The number of likely N-dealkylation sites (tertiary alicyclic amines) is 1. The molecule has 1 aliphatic carbocycles. The summed E-state index contributed by atoms with van der Waals surface area (Å²) in [6.07, 6.45) is 3.69. The molecule has 0 bridgehead atoms. The molecule has 224 valence electrons. The molecule has 1 saturated carbocycles. The molecule has 43 heavy (non-hydrogen) atoms. The molecule has 3 aromatic carbocycles. The monoisotopic (exact) mass is 642 g/mol. The second-order valence-electron chi connectivity index (χ2n) is 11.9. The van der Waals surface area contributed by atoms with E-state index >= 15 is 4.39 Å². The number of carbonyl (C=O) groups excluding carboxylic acids is 2. The summed E-state index contributed by atoms with van der Waals surface area (Å²) in [7, 11) is -3.47. The number of sulfonamides is 1. The first kappa shape index (κ1) is 28.6. The summed E-state index contributed by atoms with van der Waals surface area (Å²) in [6, 6.07) is 16.2. The molecule has 3 heterocycles. The van der Waals surface area contributed by atoms with Crippen molar-refractivity contribution in [1.29, 1.82) is 0 Å². The van der Waals surface area contributed by atoms with Crippen LogP contribution in [-0.2, 0) is 25.2 Å². The van der Waals surface area contributed by atoms with Crippen LogP contribution in [0.1, 0.15) is 36.3 Å². The van der Waals surface area contributed by atoms with Gasteiger partial charge in [-0.05, 0) is 73.2 Å². The fourth-order valence-corrected chi connectivity index (χ4v) is 8.33. The van der Waals surface area contributed by atoms with Crippen LogP contribution in [0.5, 0.6) is 0 Å². The van der Waals surface area contributed by atoms with Gasteiger partial charge in [-0.15, -0.1) is 0 Å². The summed E-state index contributed by atoms with van der Waals surface area (Å²) in [5.41, 5.74) is 1.07. The van der Waals surface area contributed by atoms with Crippen molar-refractivity contribution in [1.82, 2.24) is 4.90 Å². The van der Waals surface area contributed by atoms with Crippen LogP contribution < -0.4 is 14.9 Å². The number of rotatable bonds is 6. The molecule has 8 nitrogen and oxygen atoms in total. The van der Waals surface area contributed by atoms with Crippen LogP contribution in [0, 0.1) is 17.7 Å². The Bertz CT molecular complexity index is 1770. The van der Waals surface area contributed by atoms with E-state index in [1.807, 2.05) is 6.07 Å². The number of halogens is 3. The Kier molecular flexibility index (Phi) is 6.77. The van der Waals surface area contributed by atoms with Gasteiger partial charge < -0.3 is 10.2 Å². The molecule has 12 heteroatoms. The Morgan fingerprint density at radius 3 is 2.49 bits per heavy atom. The lowest BCUT2D eigenvalue weighted by atomic mass is 9.70. The molecule has 4 aliphatic rings. The van der Waals surface area contributed by atoms with Crippen LogP contribution >= 0.6 is 23.2 Å². The number of anilines is 3. The highest BCUT2D eigenvalue weighted by molar-refractivity contribution is 7.92. The molecule has 4 atom stereocenters. The summed E-state index contributed by atoms with van der Waals surface area (Å²) in [4.78, 5) is 32.8. The van der Waals surface area contributed by atoms with Crippen LogP contribution in [0.15, 0.2) is 60.7 Å². The second-order valence-corrected chi connectivity index (χ2v) is 14.5. The highest BCUT2D eigenvalue weighted by Gasteiger charge is 2.70. The first-order valence-electron chi connectivity index (χ1n) is 14.2. The van der Waals surface area contributed by atoms with Crippen molar-refractivity contribution in [2.75, 3.05) is 34.3 Å². The van der Waals surface area contributed by atoms with Gasteiger partial charge in [0.1, 0.15) is 11.4 Å². The van der Waals surface area contributed by atoms with Gasteiger partial charge in [0, 0.05) is 52.7 Å². The van der Waals surface area contributed by atoms with Gasteiger partial charge in [0.15, 0.2) is 0 Å². The Hall–Kier alpha value is -3.18. The molecular weight excluding hydrogens is 614 g/mol. The second kappa shape index (κ2) is 10.2. The van der Waals surface area contributed by atoms with E-state index in [4.69, 9.17) is 23.2 Å². The highest BCUT2D eigenvalue weighted by atomic mass is 35.5. The van der Waals surface area contributed by atoms with Crippen LogP contribution in [0.25, 0.3) is 0 Å². The maximum Gasteiger partial charge on any atom is 0.250 e. The van der Waals surface area contributed by atoms with Crippen molar-refractivity contribution < 1.29 is 22.4 Å². The molecule has 3 fully saturated rings. The van der Waals surface area contributed by atoms with E-state index in [1.165, 1.54) is 6.07 Å². The maximum atomic E-state index is 16.1. The number of nitrogens with one attached hydrogen (secondary N) is 2. The standard InChI is InChI=1S/C31H29Cl2FN4O4S/c1-43(41,42)36-19-8-10-20(11-9-19)37-14-13-25-26(29(37)39)27(21-3-2-4-23(33)28(21)34)31(38(25)16-17-5-6-17)22-12-7-18(32)15-24(22)35-30(31)40/h2-4,7-12,15,17,25-27,36H,5-6,13-14,16H2,1H3,(H,35,40)/t25-,26+,27-,31+/m0/s1. The predicted molar refractivity (Wildman–Crippen MR) is 164 cm³/mol. The highest BCUT2D eigenvalue weighted by Crippen LogP contribution is 2.62. The largest absolute Gasteiger partial charge is 0.324 e. The van der Waals surface area contributed by atoms with Crippen LogP contribution in [-0.4, -0.2) is 50.5 Å². The van der Waals surface area contributed by atoms with Crippen molar-refractivity contribution in [3.05, 3.63) is 87.7 Å². The van der Waals surface area contributed by atoms with Crippen molar-refractivity contribution >= 4 is 62.1 Å². The number of benzene rings is 3. The number of amides is 2. The van der Waals surface area contributed by atoms with Gasteiger partial charge in [-0.25, -0.2) is 12.8 Å². The summed E-state index contributed by atoms with van der Waals surface area (Å²) in [5, 5.41) is 3.40. The Morgan fingerprint density at radius 1 is 1.05 bits per heavy atom. The smallest absolute Gasteiger partial charge is 0.250 e. The first-order chi connectivity index (χ1) is 20.5. The minimum absolute atomic E-state index is 0.0753. The SMILES string of the molecule is CS(=O)(=O)Nc1ccc(N2CC[C@H]3[C@@H](C2=O)[C@H](c2cccc(Cl)c2F)[C@]2(C(=O)Nc4cc(Cl)ccc42)N3CC2CC2)cc1. The van der Waals surface area contributed by atoms with Crippen molar-refractivity contribution in [2.24, 2.45) is 11.8 Å². The lowest BCUT2D eigenvalue weighted by Gasteiger charge is -2.40. The first-order valence-corrected chi connectivity index (χ1v) is 16.8. The molecule has 2 saturated heterocycles. The molecule has 3 aliphatic heterocycles. The van der Waals surface area contributed by atoms with Crippen molar-refractivity contribution in [2.45, 2.75) is 36.8 Å². The number of fused-ring (bicyclic) bond motifs is 3. The normalized spacial score (nSPS) is 26.9. The van der Waals surface area contributed by atoms with E-state index in [0.717, 1.165) is 19.1 Å². The summed E-state index contributed by atoms with van der Waals surface area (Å²) in [6.45, 7) is 0.990. The van der Waals surface area contributed by atoms with Crippen LogP contribution in [0.4, 0.5) is 21.5 Å². The van der Waals surface area contributed by atoms with E-state index < -0.39 is 33.2 Å². The zero-order valence-electron chi connectivity index (χ0n) is 23.2. The van der Waals surface area contributed by atoms with Crippen LogP contribution in [0.2, 0.25) is 10.0 Å². The summed E-state index contributed by atoms with van der Waals surface area (Å²) < 4.78 is 41.9. The zero-order valence-corrected chi connectivity index (χ0v) is 25.5. The third-order valence-electron chi connectivity index (χ3n) is 9.21. The van der Waals surface area contributed by atoms with Gasteiger partial charge >= 0.3 is 0 Å². The Labute approximate surface area is 259 Å². The van der Waals surface area contributed by atoms with Gasteiger partial charge in [-0.2, -0.15) is 0 Å². The van der Waals surface area contributed by atoms with Crippen LogP contribution in [0.3, 0.4) is 0 Å². The lowest BCUT2D eigenvalue weighted by molar-refractivity contribution is -0.128. The van der Waals surface area contributed by atoms with E-state index in [-0.39, 0.29) is 28.4 Å². The number of hydrogen-bond acceptors (Lipinski definition) is 5. The molecule has 2 N–H and O–H groups in total. The van der Waals surface area contributed by atoms with E-state index in [1.54, 1.807) is 53.4 Å². The number of hydrogen-bond donors (Lipinski definition) is 2. The number of piperidine rings is 1. The van der Waals surface area contributed by atoms with Gasteiger partial charge in [-0.1, -0.05) is 41.4 Å². The van der Waals surface area contributed by atoms with Crippen molar-refractivity contribution in [3.8, 4) is 0 Å². The molecule has 0 aromatic heterocycles. The van der Waals surface area contributed by atoms with Gasteiger partial charge in [0.25, 0.3) is 0 Å². The topological polar surface area (TPSA) is 98.8 Å². The summed E-state index contributed by atoms with van der Waals surface area (Å²) >= 11 is 12.7. The average molecular weight is 644 g/mol. The predicted octanol–water partition coefficient (Wildman–Crippen LogP) is 5.58. The molecule has 2 amide bonds. The number of carbonyl (C=O) groups is 2. The molecule has 0 unspecified atom stereocenters. The third-order valence-corrected chi connectivity index (χ3v) is 10.3. The Balaban J connectivity index is 1.39. The average Bonchev–Trinajstić information content (AvgIpc) is 3.66. The minimum atomic E-state index is -3.47. The lowest BCUT2D eigenvalue weighted by Crippen LogP contribution is -2.54. The van der Waals surface area contributed by atoms with E-state index in [9.17, 15) is 18.0 Å². The maximum absolute atomic E-state index is 16.1. The molecule has 1 spiro atoms. The zero-order chi connectivity index (χ0) is 30.3. The molecule has 3 aromatic rings. The fraction of sp³-hybridized carbons (Fsp3) is 0.355. The number of nitrogens with zero attached hydrogens (tertiary/aromatic N) is 2. The van der Waals surface area contributed by atoms with Gasteiger partial charge in [-0.3, -0.25) is 19.2 Å². The minimum Gasteiger partial charge on any atom is -0.324 e. The Morgan fingerprint density at radius 2 is 1.79 bits per heavy atom. The van der Waals surface area contributed by atoms with Gasteiger partial charge in [0.05, 0.1) is 17.2 Å². The molecular formula is C31H29Cl2FN4O4S. The van der Waals surface area contributed by atoms with E-state index in [2.05, 4.69) is 14.9 Å². The van der Waals surface area contributed by atoms with Crippen molar-refractivity contribution in [3.63, 3.8) is 0 Å². The van der Waals surface area contributed by atoms with Gasteiger partial charge in [0.2, 0.25) is 21.8 Å². The molecule has 0 radical (unpaired) electrons.